The van der Waals surface area contributed by atoms with Gasteiger partial charge in [0.05, 0.1) is 4.90 Å². The maximum absolute atomic E-state index is 12.2. The molecule has 0 saturated carbocycles. The van der Waals surface area contributed by atoms with Crippen molar-refractivity contribution in [3.05, 3.63) is 54.1 Å². The fraction of sp³-hybridized carbons (Fsp3) is 0.222. The van der Waals surface area contributed by atoms with Crippen LogP contribution >= 0.6 is 0 Å². The minimum Gasteiger partial charge on any atom is -0.427 e. The van der Waals surface area contributed by atoms with Crippen molar-refractivity contribution < 1.29 is 22.7 Å². The van der Waals surface area contributed by atoms with E-state index in [9.17, 15) is 18.0 Å². The van der Waals surface area contributed by atoms with Gasteiger partial charge in [-0.1, -0.05) is 6.92 Å². The lowest BCUT2D eigenvalue weighted by atomic mass is 10.2. The fourth-order valence-corrected chi connectivity index (χ4v) is 3.21. The summed E-state index contributed by atoms with van der Waals surface area (Å²) >= 11 is 0. The quantitative estimate of drug-likeness (QED) is 0.571. The van der Waals surface area contributed by atoms with E-state index in [1.807, 2.05) is 6.92 Å². The number of esters is 1. The topological polar surface area (TPSA) is 102 Å². The summed E-state index contributed by atoms with van der Waals surface area (Å²) in [6.45, 7) is 3.53. The standard InChI is InChI=1S/C18H20N2O5S/c1-3-12-19-26(23,24)17-10-6-15(7-11-17)20-18(22)14-4-8-16(9-5-14)25-13(2)21/h4-11,19H,3,12H2,1-2H3,(H,20,22). The fourth-order valence-electron chi connectivity index (χ4n) is 2.08. The minimum atomic E-state index is -3.54. The molecule has 0 aromatic heterocycles. The number of carbonyl (C=O) groups excluding carboxylic acids is 2. The van der Waals surface area contributed by atoms with Crippen molar-refractivity contribution in [2.24, 2.45) is 0 Å². The Bertz CT molecular complexity index is 875. The first kappa shape index (κ1) is 19.6. The maximum atomic E-state index is 12.2. The Morgan fingerprint density at radius 1 is 1.00 bits per heavy atom. The zero-order valence-electron chi connectivity index (χ0n) is 14.5. The van der Waals surface area contributed by atoms with E-state index < -0.39 is 16.0 Å². The largest absolute Gasteiger partial charge is 0.427 e. The summed E-state index contributed by atoms with van der Waals surface area (Å²) in [6, 6.07) is 12.0. The molecule has 26 heavy (non-hydrogen) atoms. The van der Waals surface area contributed by atoms with E-state index in [1.54, 1.807) is 0 Å². The number of nitrogens with one attached hydrogen (secondary N) is 2. The van der Waals surface area contributed by atoms with Crippen LogP contribution in [0.1, 0.15) is 30.6 Å². The monoisotopic (exact) mass is 376 g/mol. The molecule has 7 nitrogen and oxygen atoms in total. The summed E-state index contributed by atoms with van der Waals surface area (Å²) in [7, 11) is -3.54. The van der Waals surface area contributed by atoms with E-state index in [1.165, 1.54) is 55.5 Å². The van der Waals surface area contributed by atoms with Gasteiger partial charge in [0.1, 0.15) is 5.75 Å². The van der Waals surface area contributed by atoms with Crippen LogP contribution in [0.25, 0.3) is 0 Å². The van der Waals surface area contributed by atoms with Gasteiger partial charge in [-0.05, 0) is 55.0 Å². The molecule has 0 aliphatic heterocycles. The molecule has 138 valence electrons. The molecule has 0 saturated heterocycles. The van der Waals surface area contributed by atoms with E-state index in [0.717, 1.165) is 0 Å². The highest BCUT2D eigenvalue weighted by Gasteiger charge is 2.13. The molecule has 0 radical (unpaired) electrons. The van der Waals surface area contributed by atoms with Crippen LogP contribution in [0, 0.1) is 0 Å². The summed E-state index contributed by atoms with van der Waals surface area (Å²) in [5, 5.41) is 2.68. The van der Waals surface area contributed by atoms with E-state index in [2.05, 4.69) is 10.0 Å². The number of amides is 1. The highest BCUT2D eigenvalue weighted by atomic mass is 32.2. The molecule has 2 rings (SSSR count). The molecule has 8 heteroatoms. The predicted octanol–water partition coefficient (Wildman–Crippen LogP) is 2.55. The van der Waals surface area contributed by atoms with E-state index in [0.29, 0.717) is 30.0 Å². The summed E-state index contributed by atoms with van der Waals surface area (Å²) in [6.07, 6.45) is 0.698. The lowest BCUT2D eigenvalue weighted by molar-refractivity contribution is -0.131. The molecular weight excluding hydrogens is 356 g/mol. The van der Waals surface area contributed by atoms with Gasteiger partial charge < -0.3 is 10.1 Å². The first-order valence-corrected chi connectivity index (χ1v) is 9.49. The third-order valence-electron chi connectivity index (χ3n) is 3.34. The second-order valence-electron chi connectivity index (χ2n) is 5.49. The molecular formula is C18H20N2O5S. The highest BCUT2D eigenvalue weighted by molar-refractivity contribution is 7.89. The third kappa shape index (κ3) is 5.40. The molecule has 2 aromatic carbocycles. The maximum Gasteiger partial charge on any atom is 0.308 e. The number of benzene rings is 2. The average molecular weight is 376 g/mol. The van der Waals surface area contributed by atoms with Crippen molar-refractivity contribution in [2.75, 3.05) is 11.9 Å². The van der Waals surface area contributed by atoms with Crippen molar-refractivity contribution in [3.8, 4) is 5.75 Å². The molecule has 2 N–H and O–H groups in total. The van der Waals surface area contributed by atoms with Gasteiger partial charge in [-0.3, -0.25) is 9.59 Å². The van der Waals surface area contributed by atoms with Gasteiger partial charge >= 0.3 is 5.97 Å². The van der Waals surface area contributed by atoms with E-state index >= 15 is 0 Å². The lowest BCUT2D eigenvalue weighted by Crippen LogP contribution is -2.24. The number of carbonyl (C=O) groups is 2. The number of ether oxygens (including phenoxy) is 1. The summed E-state index contributed by atoms with van der Waals surface area (Å²) in [5.41, 5.74) is 0.843. The van der Waals surface area contributed by atoms with Crippen LogP contribution in [0.15, 0.2) is 53.4 Å². The van der Waals surface area contributed by atoms with Crippen LogP contribution < -0.4 is 14.8 Å². The van der Waals surface area contributed by atoms with Crippen LogP contribution in [0.5, 0.6) is 5.75 Å². The second kappa shape index (κ2) is 8.59. The van der Waals surface area contributed by atoms with E-state index in [4.69, 9.17) is 4.74 Å². The Morgan fingerprint density at radius 2 is 1.62 bits per heavy atom. The van der Waals surface area contributed by atoms with Crippen LogP contribution in [0.4, 0.5) is 5.69 Å². The Labute approximate surface area is 152 Å². The van der Waals surface area contributed by atoms with E-state index in [-0.39, 0.29) is 10.8 Å². The van der Waals surface area contributed by atoms with Crippen molar-refractivity contribution >= 4 is 27.6 Å². The van der Waals surface area contributed by atoms with Crippen molar-refractivity contribution in [1.82, 2.24) is 4.72 Å². The first-order chi connectivity index (χ1) is 12.3. The summed E-state index contributed by atoms with van der Waals surface area (Å²) < 4.78 is 31.4. The molecule has 0 aliphatic rings. The Morgan fingerprint density at radius 3 is 2.15 bits per heavy atom. The van der Waals surface area contributed by atoms with Gasteiger partial charge in [0.25, 0.3) is 5.91 Å². The Hall–Kier alpha value is -2.71. The Kier molecular flexibility index (Phi) is 6.48. The summed E-state index contributed by atoms with van der Waals surface area (Å²) in [5.74, 6) is -0.451. The zero-order valence-corrected chi connectivity index (χ0v) is 15.3. The van der Waals surface area contributed by atoms with Gasteiger partial charge in [0, 0.05) is 24.7 Å². The number of hydrogen-bond donors (Lipinski definition) is 2. The van der Waals surface area contributed by atoms with Crippen molar-refractivity contribution in [3.63, 3.8) is 0 Å². The minimum absolute atomic E-state index is 0.134. The van der Waals surface area contributed by atoms with Gasteiger partial charge in [-0.2, -0.15) is 0 Å². The smallest absolute Gasteiger partial charge is 0.308 e. The molecule has 2 aromatic rings. The number of sulfonamides is 1. The van der Waals surface area contributed by atoms with Gasteiger partial charge in [-0.15, -0.1) is 0 Å². The molecule has 0 atom stereocenters. The molecule has 0 unspecified atom stereocenters. The molecule has 0 spiro atoms. The predicted molar refractivity (Wildman–Crippen MR) is 97.6 cm³/mol. The summed E-state index contributed by atoms with van der Waals surface area (Å²) in [4.78, 5) is 23.2. The first-order valence-electron chi connectivity index (χ1n) is 8.01. The Balaban J connectivity index is 2.04. The second-order valence-corrected chi connectivity index (χ2v) is 7.26. The molecule has 0 bridgehead atoms. The molecule has 1 amide bonds. The van der Waals surface area contributed by atoms with Crippen molar-refractivity contribution in [2.45, 2.75) is 25.2 Å². The number of hydrogen-bond acceptors (Lipinski definition) is 5. The third-order valence-corrected chi connectivity index (χ3v) is 4.82. The SMILES string of the molecule is CCCNS(=O)(=O)c1ccc(NC(=O)c2ccc(OC(C)=O)cc2)cc1. The normalized spacial score (nSPS) is 11.0. The van der Waals surface area contributed by atoms with Gasteiger partial charge in [0.15, 0.2) is 0 Å². The highest BCUT2D eigenvalue weighted by Crippen LogP contribution is 2.17. The van der Waals surface area contributed by atoms with Gasteiger partial charge in [0.2, 0.25) is 10.0 Å². The van der Waals surface area contributed by atoms with Gasteiger partial charge in [-0.25, -0.2) is 13.1 Å². The van der Waals surface area contributed by atoms with Crippen LogP contribution in [0.3, 0.4) is 0 Å². The number of rotatable bonds is 7. The zero-order chi connectivity index (χ0) is 19.2. The van der Waals surface area contributed by atoms with Crippen LogP contribution in [-0.4, -0.2) is 26.8 Å². The molecule has 0 aliphatic carbocycles. The van der Waals surface area contributed by atoms with Crippen LogP contribution in [0.2, 0.25) is 0 Å². The molecule has 0 fully saturated rings. The lowest BCUT2D eigenvalue weighted by Gasteiger charge is -2.08. The average Bonchev–Trinajstić information content (AvgIpc) is 2.60. The number of anilines is 1. The van der Waals surface area contributed by atoms with Crippen molar-refractivity contribution in [1.29, 1.82) is 0 Å². The van der Waals surface area contributed by atoms with Crippen LogP contribution in [-0.2, 0) is 14.8 Å². The molecule has 0 heterocycles.